The fraction of sp³-hybridized carbons (Fsp3) is 0.667. The van der Waals surface area contributed by atoms with Gasteiger partial charge >= 0.3 is 0 Å². The van der Waals surface area contributed by atoms with Crippen molar-refractivity contribution in [3.63, 3.8) is 0 Å². The number of nitrogens with zero attached hydrogens (tertiary/aromatic N) is 1. The van der Waals surface area contributed by atoms with Crippen LogP contribution in [-0.4, -0.2) is 38.1 Å². The number of hydrogen-bond acceptors (Lipinski definition) is 2. The molecule has 0 aromatic rings. The molecule has 3 heteroatoms. The van der Waals surface area contributed by atoms with Crippen molar-refractivity contribution in [3.8, 4) is 0 Å². The molecule has 0 aliphatic heterocycles. The van der Waals surface area contributed by atoms with Crippen LogP contribution in [0.15, 0.2) is 12.7 Å². The summed E-state index contributed by atoms with van der Waals surface area (Å²) >= 11 is 0. The summed E-state index contributed by atoms with van der Waals surface area (Å²) in [6.45, 7) is 6.51. The molecule has 0 unspecified atom stereocenters. The monoisotopic (exact) mass is 172 g/mol. The summed E-state index contributed by atoms with van der Waals surface area (Å²) in [6.07, 6.45) is 2.23. The Bertz CT molecular complexity index is 136. The van der Waals surface area contributed by atoms with E-state index in [2.05, 4.69) is 34.6 Å². The molecular formula is C9H20N2O. The Morgan fingerprint density at radius 1 is 1.50 bits per heavy atom. The van der Waals surface area contributed by atoms with E-state index in [1.807, 2.05) is 0 Å². The van der Waals surface area contributed by atoms with E-state index in [0.717, 1.165) is 10.6 Å². The third-order valence-electron chi connectivity index (χ3n) is 1.08. The van der Waals surface area contributed by atoms with Gasteiger partial charge in [0.2, 0.25) is 0 Å². The van der Waals surface area contributed by atoms with Crippen molar-refractivity contribution in [2.24, 2.45) is 0 Å². The summed E-state index contributed by atoms with van der Waals surface area (Å²) in [5.74, 6) is -0.731. The van der Waals surface area contributed by atoms with Gasteiger partial charge in [-0.2, -0.15) is 0 Å². The van der Waals surface area contributed by atoms with Crippen molar-refractivity contribution in [2.45, 2.75) is 13.3 Å². The van der Waals surface area contributed by atoms with Crippen LogP contribution in [0.3, 0.4) is 0 Å². The molecule has 0 bridgehead atoms. The van der Waals surface area contributed by atoms with Gasteiger partial charge in [-0.1, -0.05) is 19.6 Å². The SMILES string of the molecule is C=CC(=N)[O-].CCC[N+](C)(C)C. The standard InChI is InChI=1S/C6H16N.C3H5NO/c1-5-6-7(2,3)4;1-2-3(4)5/h5-6H2,1-4H3;2H,1H2,(H2,4,5)/q+1;/p-1. The minimum atomic E-state index is -0.731. The molecule has 1 N–H and O–H groups in total. The number of nitrogens with one attached hydrogen (secondary N) is 1. The van der Waals surface area contributed by atoms with Crippen LogP contribution in [0, 0.1) is 5.41 Å². The van der Waals surface area contributed by atoms with Crippen molar-refractivity contribution in [1.82, 2.24) is 0 Å². The highest BCUT2D eigenvalue weighted by atomic mass is 16.3. The van der Waals surface area contributed by atoms with E-state index >= 15 is 0 Å². The molecule has 0 aliphatic carbocycles. The van der Waals surface area contributed by atoms with E-state index in [1.54, 1.807) is 0 Å². The molecule has 0 saturated carbocycles. The highest BCUT2D eigenvalue weighted by Gasteiger charge is 2.01. The van der Waals surface area contributed by atoms with Crippen molar-refractivity contribution in [3.05, 3.63) is 12.7 Å². The highest BCUT2D eigenvalue weighted by molar-refractivity contribution is 5.79. The zero-order valence-corrected chi connectivity index (χ0v) is 8.55. The molecule has 3 nitrogen and oxygen atoms in total. The maximum absolute atomic E-state index is 9.36. The molecule has 0 aliphatic rings. The Morgan fingerprint density at radius 2 is 1.83 bits per heavy atom. The average molecular weight is 172 g/mol. The topological polar surface area (TPSA) is 46.9 Å². The molecule has 0 radical (unpaired) electrons. The fourth-order valence-electron chi connectivity index (χ4n) is 0.671. The van der Waals surface area contributed by atoms with Gasteiger partial charge in [-0.15, -0.1) is 0 Å². The van der Waals surface area contributed by atoms with Crippen LogP contribution in [0.5, 0.6) is 0 Å². The van der Waals surface area contributed by atoms with Crippen LogP contribution in [-0.2, 0) is 0 Å². The third-order valence-corrected chi connectivity index (χ3v) is 1.08. The maximum Gasteiger partial charge on any atom is 0.0777 e. The molecule has 0 saturated heterocycles. The van der Waals surface area contributed by atoms with E-state index in [0.29, 0.717) is 0 Å². The van der Waals surface area contributed by atoms with E-state index in [9.17, 15) is 5.11 Å². The smallest absolute Gasteiger partial charge is 0.0777 e. The zero-order chi connectivity index (χ0) is 10.2. The molecule has 0 spiro atoms. The summed E-state index contributed by atoms with van der Waals surface area (Å²) < 4.78 is 1.09. The van der Waals surface area contributed by atoms with Gasteiger partial charge in [-0.3, -0.25) is 0 Å². The Hall–Kier alpha value is -0.830. The summed E-state index contributed by atoms with van der Waals surface area (Å²) in [5, 5.41) is 15.4. The summed E-state index contributed by atoms with van der Waals surface area (Å²) in [6, 6.07) is 0. The summed E-state index contributed by atoms with van der Waals surface area (Å²) in [5.41, 5.74) is 0. The highest BCUT2D eigenvalue weighted by Crippen LogP contribution is 1.90. The lowest BCUT2D eigenvalue weighted by molar-refractivity contribution is -0.870. The first-order valence-electron chi connectivity index (χ1n) is 4.02. The Kier molecular flexibility index (Phi) is 7.85. The van der Waals surface area contributed by atoms with E-state index in [-0.39, 0.29) is 0 Å². The lowest BCUT2D eigenvalue weighted by Gasteiger charge is -2.22. The van der Waals surface area contributed by atoms with Gasteiger partial charge in [0, 0.05) is 0 Å². The van der Waals surface area contributed by atoms with Crippen molar-refractivity contribution < 1.29 is 9.59 Å². The summed E-state index contributed by atoms with van der Waals surface area (Å²) in [7, 11) is 6.64. The molecule has 0 heterocycles. The zero-order valence-electron chi connectivity index (χ0n) is 8.55. The van der Waals surface area contributed by atoms with Gasteiger partial charge < -0.3 is 15.0 Å². The first kappa shape index (κ1) is 13.7. The first-order valence-corrected chi connectivity index (χ1v) is 4.02. The van der Waals surface area contributed by atoms with Gasteiger partial charge in [0.25, 0.3) is 0 Å². The molecule has 0 amide bonds. The van der Waals surface area contributed by atoms with Gasteiger partial charge in [0.15, 0.2) is 0 Å². The lowest BCUT2D eigenvalue weighted by atomic mass is 10.4. The molecule has 0 fully saturated rings. The minimum Gasteiger partial charge on any atom is -0.859 e. The average Bonchev–Trinajstić information content (AvgIpc) is 1.86. The normalized spacial score (nSPS) is 9.67. The van der Waals surface area contributed by atoms with Crippen LogP contribution in [0.4, 0.5) is 0 Å². The maximum atomic E-state index is 9.36. The molecule has 12 heavy (non-hydrogen) atoms. The second kappa shape index (κ2) is 6.85. The second-order valence-corrected chi connectivity index (χ2v) is 3.58. The molecule has 0 aromatic carbocycles. The third kappa shape index (κ3) is 22.9. The van der Waals surface area contributed by atoms with Crippen molar-refractivity contribution >= 4 is 5.90 Å². The van der Waals surface area contributed by atoms with Crippen molar-refractivity contribution in [2.75, 3.05) is 27.7 Å². The Labute approximate surface area is 75.4 Å². The van der Waals surface area contributed by atoms with Gasteiger partial charge in [-0.25, -0.2) is 0 Å². The molecule has 0 atom stereocenters. The van der Waals surface area contributed by atoms with Crippen molar-refractivity contribution in [1.29, 1.82) is 5.41 Å². The largest absolute Gasteiger partial charge is 0.859 e. The van der Waals surface area contributed by atoms with E-state index in [4.69, 9.17) is 5.41 Å². The summed E-state index contributed by atoms with van der Waals surface area (Å²) in [4.78, 5) is 0. The van der Waals surface area contributed by atoms with E-state index in [1.165, 1.54) is 13.0 Å². The Morgan fingerprint density at radius 3 is 1.83 bits per heavy atom. The molecule has 0 rings (SSSR count). The quantitative estimate of drug-likeness (QED) is 0.378. The van der Waals surface area contributed by atoms with Crippen LogP contribution in [0.1, 0.15) is 13.3 Å². The predicted octanol–water partition coefficient (Wildman–Crippen LogP) is 0.613. The second-order valence-electron chi connectivity index (χ2n) is 3.58. The van der Waals surface area contributed by atoms with Gasteiger partial charge in [0.1, 0.15) is 0 Å². The molecule has 72 valence electrons. The van der Waals surface area contributed by atoms with Crippen LogP contribution in [0.25, 0.3) is 0 Å². The van der Waals surface area contributed by atoms with Gasteiger partial charge in [-0.05, 0) is 12.3 Å². The minimum absolute atomic E-state index is 0.731. The molecule has 0 aromatic heterocycles. The fourth-order valence-corrected chi connectivity index (χ4v) is 0.671. The van der Waals surface area contributed by atoms with Crippen LogP contribution in [0.2, 0.25) is 0 Å². The van der Waals surface area contributed by atoms with E-state index < -0.39 is 5.90 Å². The predicted molar refractivity (Wildman–Crippen MR) is 51.1 cm³/mol. The number of quaternary nitrogens is 1. The number of hydrogen-bond donors (Lipinski definition) is 1. The molecular weight excluding hydrogens is 152 g/mol. The first-order chi connectivity index (χ1) is 5.33. The van der Waals surface area contributed by atoms with Gasteiger partial charge in [0.05, 0.1) is 27.7 Å². The Balaban J connectivity index is 0. The van der Waals surface area contributed by atoms with Crippen LogP contribution >= 0.6 is 0 Å². The lowest BCUT2D eigenvalue weighted by Crippen LogP contribution is -2.34. The number of rotatable bonds is 3. The van der Waals surface area contributed by atoms with Crippen LogP contribution < -0.4 is 5.11 Å².